The molecule has 2 aliphatic carbocycles. The highest BCUT2D eigenvalue weighted by Gasteiger charge is 2.53. The molecular weight excluding hydrogens is 188 g/mol. The first-order valence-corrected chi connectivity index (χ1v) is 6.11. The lowest BCUT2D eigenvalue weighted by atomic mass is 9.74. The van der Waals surface area contributed by atoms with E-state index in [1.165, 1.54) is 0 Å². The summed E-state index contributed by atoms with van der Waals surface area (Å²) in [5.74, 6) is 1.39. The average molecular weight is 212 g/mol. The Morgan fingerprint density at radius 1 is 1.13 bits per heavy atom. The van der Waals surface area contributed by atoms with Crippen molar-refractivity contribution in [2.24, 2.45) is 17.3 Å². The molecule has 1 N–H and O–H groups in total. The van der Waals surface area contributed by atoms with E-state index in [9.17, 15) is 5.11 Å². The van der Waals surface area contributed by atoms with Crippen molar-refractivity contribution in [1.82, 2.24) is 0 Å². The molecule has 0 radical (unpaired) electrons. The molecule has 0 bridgehead atoms. The van der Waals surface area contributed by atoms with Gasteiger partial charge in [-0.2, -0.15) is 0 Å². The molecule has 0 aromatic heterocycles. The minimum atomic E-state index is -0.443. The van der Waals surface area contributed by atoms with Crippen LogP contribution in [0.5, 0.6) is 0 Å². The zero-order chi connectivity index (χ0) is 11.3. The third-order valence-corrected chi connectivity index (χ3v) is 4.73. The molecule has 2 aliphatic rings. The van der Waals surface area contributed by atoms with E-state index in [2.05, 4.69) is 20.8 Å². The first-order chi connectivity index (χ1) is 6.86. The van der Waals surface area contributed by atoms with Gasteiger partial charge in [-0.1, -0.05) is 20.8 Å². The van der Waals surface area contributed by atoms with Gasteiger partial charge in [0.2, 0.25) is 0 Å². The van der Waals surface area contributed by atoms with E-state index in [1.807, 2.05) is 7.11 Å². The van der Waals surface area contributed by atoms with Gasteiger partial charge >= 0.3 is 0 Å². The first kappa shape index (κ1) is 11.4. The lowest BCUT2D eigenvalue weighted by Crippen LogP contribution is -2.41. The number of rotatable bonds is 1. The molecule has 0 aromatic carbocycles. The fourth-order valence-electron chi connectivity index (χ4n) is 3.41. The summed E-state index contributed by atoms with van der Waals surface area (Å²) < 4.78 is 5.42. The fourth-order valence-corrected chi connectivity index (χ4v) is 3.41. The van der Waals surface area contributed by atoms with Crippen LogP contribution in [0.4, 0.5) is 0 Å². The summed E-state index contributed by atoms with van der Waals surface area (Å²) in [6, 6.07) is 0. The van der Waals surface area contributed by atoms with Gasteiger partial charge in [0.15, 0.2) is 0 Å². The average Bonchev–Trinajstić information content (AvgIpc) is 2.57. The minimum absolute atomic E-state index is 0.0138. The summed E-state index contributed by atoms with van der Waals surface area (Å²) in [5.41, 5.74) is -0.430. The number of hydrogen-bond acceptors (Lipinski definition) is 2. The highest BCUT2D eigenvalue weighted by atomic mass is 16.5. The van der Waals surface area contributed by atoms with E-state index >= 15 is 0 Å². The molecule has 0 amide bonds. The van der Waals surface area contributed by atoms with Crippen LogP contribution in [0.1, 0.15) is 46.5 Å². The van der Waals surface area contributed by atoms with Crippen LogP contribution in [0.2, 0.25) is 0 Å². The highest BCUT2D eigenvalue weighted by Crippen LogP contribution is 2.54. The van der Waals surface area contributed by atoms with Gasteiger partial charge < -0.3 is 9.84 Å². The second-order valence-electron chi connectivity index (χ2n) is 6.54. The quantitative estimate of drug-likeness (QED) is 0.724. The van der Waals surface area contributed by atoms with Crippen LogP contribution in [0.3, 0.4) is 0 Å². The monoisotopic (exact) mass is 212 g/mol. The molecule has 2 atom stereocenters. The number of methoxy groups -OCH3 is 1. The molecule has 0 aromatic rings. The Labute approximate surface area is 93.0 Å². The summed E-state index contributed by atoms with van der Waals surface area (Å²) >= 11 is 0. The van der Waals surface area contributed by atoms with Crippen LogP contribution in [-0.4, -0.2) is 23.9 Å². The minimum Gasteiger partial charge on any atom is -0.389 e. The van der Waals surface area contributed by atoms with E-state index in [4.69, 9.17) is 4.74 Å². The van der Waals surface area contributed by atoms with Crippen molar-refractivity contribution in [1.29, 1.82) is 0 Å². The van der Waals surface area contributed by atoms with Crippen molar-refractivity contribution >= 4 is 0 Å². The van der Waals surface area contributed by atoms with Gasteiger partial charge in [0.05, 0.1) is 11.7 Å². The Morgan fingerprint density at radius 2 is 1.60 bits per heavy atom. The van der Waals surface area contributed by atoms with Gasteiger partial charge in [-0.25, -0.2) is 0 Å². The molecule has 15 heavy (non-hydrogen) atoms. The Balaban J connectivity index is 2.05. The third-order valence-electron chi connectivity index (χ3n) is 4.73. The molecule has 0 spiro atoms. The van der Waals surface area contributed by atoms with Crippen molar-refractivity contribution in [2.45, 2.75) is 58.2 Å². The van der Waals surface area contributed by atoms with E-state index in [0.29, 0.717) is 17.9 Å². The maximum Gasteiger partial charge on any atom is 0.0701 e. The van der Waals surface area contributed by atoms with Crippen molar-refractivity contribution < 1.29 is 9.84 Å². The van der Waals surface area contributed by atoms with E-state index in [-0.39, 0.29) is 5.41 Å². The maximum absolute atomic E-state index is 10.7. The Bertz CT molecular complexity index is 227. The second-order valence-corrected chi connectivity index (χ2v) is 6.54. The molecule has 0 aliphatic heterocycles. The molecule has 2 rings (SSSR count). The molecule has 0 saturated heterocycles. The summed E-state index contributed by atoms with van der Waals surface area (Å²) in [6.07, 6.45) is 4.70. The van der Waals surface area contributed by atoms with Gasteiger partial charge in [-0.15, -0.1) is 0 Å². The smallest absolute Gasteiger partial charge is 0.0701 e. The fraction of sp³-hybridized carbons (Fsp3) is 1.00. The number of hydrogen-bond donors (Lipinski definition) is 1. The summed E-state index contributed by atoms with van der Waals surface area (Å²) in [6.45, 7) is 6.46. The largest absolute Gasteiger partial charge is 0.389 e. The van der Waals surface area contributed by atoms with Crippen LogP contribution in [0.25, 0.3) is 0 Å². The lowest BCUT2D eigenvalue weighted by molar-refractivity contribution is -0.0613. The van der Waals surface area contributed by atoms with Crippen LogP contribution in [0.15, 0.2) is 0 Å². The molecule has 2 saturated carbocycles. The summed E-state index contributed by atoms with van der Waals surface area (Å²) in [7, 11) is 1.81. The van der Waals surface area contributed by atoms with Gasteiger partial charge in [0.1, 0.15) is 0 Å². The second kappa shape index (κ2) is 3.46. The standard InChI is InChI=1S/C13H24O2/c1-12(2,3)13(14)7-9-5-11(15-4)6-10(9)8-13/h9-11,14H,5-8H2,1-4H3. The van der Waals surface area contributed by atoms with E-state index in [0.717, 1.165) is 25.7 Å². The number of aliphatic hydroxyl groups is 1. The Kier molecular flexibility index (Phi) is 2.63. The van der Waals surface area contributed by atoms with Gasteiger partial charge in [0, 0.05) is 7.11 Å². The predicted molar refractivity (Wildman–Crippen MR) is 60.6 cm³/mol. The molecule has 0 heterocycles. The Morgan fingerprint density at radius 3 is 1.93 bits per heavy atom. The SMILES string of the molecule is COC1CC2CC(O)(C(C)(C)C)CC2C1. The van der Waals surface area contributed by atoms with Crippen LogP contribution >= 0.6 is 0 Å². The molecule has 88 valence electrons. The van der Waals surface area contributed by atoms with E-state index < -0.39 is 5.60 Å². The van der Waals surface area contributed by atoms with Crippen molar-refractivity contribution in [3.05, 3.63) is 0 Å². The normalized spacial score (nSPS) is 45.8. The maximum atomic E-state index is 10.7. The molecule has 2 fully saturated rings. The zero-order valence-corrected chi connectivity index (χ0v) is 10.4. The molecular formula is C13H24O2. The van der Waals surface area contributed by atoms with Gasteiger partial charge in [0.25, 0.3) is 0 Å². The highest BCUT2D eigenvalue weighted by molar-refractivity contribution is 5.04. The van der Waals surface area contributed by atoms with E-state index in [1.54, 1.807) is 0 Å². The summed E-state index contributed by atoms with van der Waals surface area (Å²) in [4.78, 5) is 0. The van der Waals surface area contributed by atoms with Crippen LogP contribution in [-0.2, 0) is 4.74 Å². The van der Waals surface area contributed by atoms with Crippen LogP contribution < -0.4 is 0 Å². The van der Waals surface area contributed by atoms with Crippen molar-refractivity contribution in [3.63, 3.8) is 0 Å². The lowest BCUT2D eigenvalue weighted by Gasteiger charge is -2.38. The Hall–Kier alpha value is -0.0800. The molecule has 2 unspecified atom stereocenters. The number of fused-ring (bicyclic) bond motifs is 1. The topological polar surface area (TPSA) is 29.5 Å². The van der Waals surface area contributed by atoms with Crippen molar-refractivity contribution in [3.8, 4) is 0 Å². The number of ether oxygens (including phenoxy) is 1. The van der Waals surface area contributed by atoms with Gasteiger partial charge in [-0.3, -0.25) is 0 Å². The predicted octanol–water partition coefficient (Wildman–Crippen LogP) is 2.60. The van der Waals surface area contributed by atoms with Crippen LogP contribution in [0, 0.1) is 17.3 Å². The van der Waals surface area contributed by atoms with Gasteiger partial charge in [-0.05, 0) is 42.9 Å². The third kappa shape index (κ3) is 1.83. The summed E-state index contributed by atoms with van der Waals surface area (Å²) in [5, 5.41) is 10.7. The van der Waals surface area contributed by atoms with Crippen molar-refractivity contribution in [2.75, 3.05) is 7.11 Å². The first-order valence-electron chi connectivity index (χ1n) is 6.11. The molecule has 2 heteroatoms. The molecule has 2 nitrogen and oxygen atoms in total. The zero-order valence-electron chi connectivity index (χ0n) is 10.4.